The van der Waals surface area contributed by atoms with Crippen LogP contribution in [-0.2, 0) is 0 Å². The molecule has 2 unspecified atom stereocenters. The fourth-order valence-electron chi connectivity index (χ4n) is 2.52. The van der Waals surface area contributed by atoms with Gasteiger partial charge in [0.15, 0.2) is 11.6 Å². The zero-order chi connectivity index (χ0) is 13.3. The molecule has 0 aromatic heterocycles. The van der Waals surface area contributed by atoms with Gasteiger partial charge in [-0.05, 0) is 38.8 Å². The Bertz CT molecular complexity index is 418. The Labute approximate surface area is 107 Å². The lowest BCUT2D eigenvalue weighted by molar-refractivity contribution is 0.166. The largest absolute Gasteiger partial charge is 0.329 e. The molecule has 1 saturated carbocycles. The number of halogens is 2. The molecule has 0 radical (unpaired) electrons. The summed E-state index contributed by atoms with van der Waals surface area (Å²) in [5.41, 5.74) is 6.19. The summed E-state index contributed by atoms with van der Waals surface area (Å²) >= 11 is 0. The van der Waals surface area contributed by atoms with Crippen molar-refractivity contribution in [1.29, 1.82) is 0 Å². The van der Waals surface area contributed by atoms with Gasteiger partial charge in [-0.3, -0.25) is 4.90 Å². The van der Waals surface area contributed by atoms with E-state index in [-0.39, 0.29) is 12.1 Å². The highest BCUT2D eigenvalue weighted by Gasteiger charge is 2.35. The average molecular weight is 254 g/mol. The van der Waals surface area contributed by atoms with Crippen LogP contribution in [0.2, 0.25) is 0 Å². The fraction of sp³-hybridized carbons (Fsp3) is 0.571. The van der Waals surface area contributed by atoms with Crippen LogP contribution in [0.3, 0.4) is 0 Å². The zero-order valence-electron chi connectivity index (χ0n) is 10.9. The van der Waals surface area contributed by atoms with Crippen LogP contribution in [0.1, 0.15) is 31.4 Å². The Hall–Kier alpha value is -1.00. The normalized spacial score (nSPS) is 19.0. The summed E-state index contributed by atoms with van der Waals surface area (Å²) in [6, 6.07) is 4.41. The predicted molar refractivity (Wildman–Crippen MR) is 68.1 cm³/mol. The standard InChI is InChI=1S/C14H20F2N2/c1-9(11-4-3-5-12(15)14(11)16)18(2)13(8-17)10-6-7-10/h3-5,9-10,13H,6-8,17H2,1-2H3. The Morgan fingerprint density at radius 2 is 2.06 bits per heavy atom. The molecule has 1 fully saturated rings. The molecule has 1 aromatic rings. The molecule has 0 heterocycles. The predicted octanol–water partition coefficient (Wildman–Crippen LogP) is 2.69. The molecule has 1 aliphatic rings. The van der Waals surface area contributed by atoms with Gasteiger partial charge in [0.25, 0.3) is 0 Å². The highest BCUT2D eigenvalue weighted by atomic mass is 19.2. The Morgan fingerprint density at radius 3 is 2.61 bits per heavy atom. The van der Waals surface area contributed by atoms with Gasteiger partial charge < -0.3 is 5.73 Å². The van der Waals surface area contributed by atoms with E-state index >= 15 is 0 Å². The summed E-state index contributed by atoms with van der Waals surface area (Å²) in [5.74, 6) is -0.925. The van der Waals surface area contributed by atoms with Crippen molar-refractivity contribution < 1.29 is 8.78 Å². The maximum Gasteiger partial charge on any atom is 0.163 e. The quantitative estimate of drug-likeness (QED) is 0.875. The number of benzene rings is 1. The van der Waals surface area contributed by atoms with E-state index in [1.165, 1.54) is 12.8 Å². The minimum Gasteiger partial charge on any atom is -0.329 e. The Kier molecular flexibility index (Phi) is 3.97. The summed E-state index contributed by atoms with van der Waals surface area (Å²) in [6.07, 6.45) is 2.37. The molecule has 0 bridgehead atoms. The molecule has 0 aliphatic heterocycles. The summed E-state index contributed by atoms with van der Waals surface area (Å²) < 4.78 is 27.0. The topological polar surface area (TPSA) is 29.3 Å². The molecule has 2 atom stereocenters. The molecular formula is C14H20F2N2. The van der Waals surface area contributed by atoms with E-state index in [9.17, 15) is 8.78 Å². The maximum absolute atomic E-state index is 13.8. The van der Waals surface area contributed by atoms with Crippen LogP contribution in [-0.4, -0.2) is 24.5 Å². The van der Waals surface area contributed by atoms with Crippen molar-refractivity contribution in [1.82, 2.24) is 4.90 Å². The van der Waals surface area contributed by atoms with Gasteiger partial charge in [0.1, 0.15) is 0 Å². The third-order valence-corrected chi connectivity index (χ3v) is 3.97. The van der Waals surface area contributed by atoms with E-state index in [1.54, 1.807) is 12.1 Å². The lowest BCUT2D eigenvalue weighted by atomic mass is 10.0. The summed E-state index contributed by atoms with van der Waals surface area (Å²) in [5, 5.41) is 0. The van der Waals surface area contributed by atoms with Gasteiger partial charge in [-0.25, -0.2) is 8.78 Å². The second-order valence-electron chi connectivity index (χ2n) is 5.12. The minimum atomic E-state index is -0.788. The fourth-order valence-corrected chi connectivity index (χ4v) is 2.52. The molecule has 2 N–H and O–H groups in total. The highest BCUT2D eigenvalue weighted by molar-refractivity contribution is 5.22. The Morgan fingerprint density at radius 1 is 1.39 bits per heavy atom. The van der Waals surface area contributed by atoms with Crippen molar-refractivity contribution >= 4 is 0 Å². The smallest absolute Gasteiger partial charge is 0.163 e. The molecule has 4 heteroatoms. The first kappa shape index (κ1) is 13.4. The number of nitrogens with two attached hydrogens (primary N) is 1. The Balaban J connectivity index is 2.19. The lowest BCUT2D eigenvalue weighted by Crippen LogP contribution is -2.41. The summed E-state index contributed by atoms with van der Waals surface area (Å²) in [7, 11) is 1.94. The second-order valence-corrected chi connectivity index (χ2v) is 5.12. The number of hydrogen-bond donors (Lipinski definition) is 1. The number of likely N-dealkylation sites (N-methyl/N-ethyl adjacent to an activating group) is 1. The number of nitrogens with zero attached hydrogens (tertiary/aromatic N) is 1. The molecule has 2 rings (SSSR count). The van der Waals surface area contributed by atoms with E-state index < -0.39 is 11.6 Å². The number of hydrogen-bond acceptors (Lipinski definition) is 2. The van der Waals surface area contributed by atoms with Crippen molar-refractivity contribution in [3.05, 3.63) is 35.4 Å². The first-order valence-corrected chi connectivity index (χ1v) is 6.42. The lowest BCUT2D eigenvalue weighted by Gasteiger charge is -2.33. The van der Waals surface area contributed by atoms with Gasteiger partial charge in [0.2, 0.25) is 0 Å². The van der Waals surface area contributed by atoms with Crippen LogP contribution in [0, 0.1) is 17.6 Å². The van der Waals surface area contributed by atoms with E-state index in [1.807, 2.05) is 14.0 Å². The average Bonchev–Trinajstić information content (AvgIpc) is 3.17. The van der Waals surface area contributed by atoms with Gasteiger partial charge in [0, 0.05) is 24.2 Å². The monoisotopic (exact) mass is 254 g/mol. The van der Waals surface area contributed by atoms with Gasteiger partial charge in [-0.1, -0.05) is 12.1 Å². The van der Waals surface area contributed by atoms with Crippen LogP contribution >= 0.6 is 0 Å². The van der Waals surface area contributed by atoms with Gasteiger partial charge in [-0.15, -0.1) is 0 Å². The van der Waals surface area contributed by atoms with Crippen LogP contribution in [0.4, 0.5) is 8.78 Å². The van der Waals surface area contributed by atoms with E-state index in [0.29, 0.717) is 18.0 Å². The van der Waals surface area contributed by atoms with Gasteiger partial charge in [0.05, 0.1) is 0 Å². The van der Waals surface area contributed by atoms with Crippen LogP contribution in [0.5, 0.6) is 0 Å². The third-order valence-electron chi connectivity index (χ3n) is 3.97. The molecule has 1 aromatic carbocycles. The molecule has 0 spiro atoms. The van der Waals surface area contributed by atoms with Gasteiger partial charge in [-0.2, -0.15) is 0 Å². The third kappa shape index (κ3) is 2.54. The van der Waals surface area contributed by atoms with Crippen molar-refractivity contribution in [3.8, 4) is 0 Å². The van der Waals surface area contributed by atoms with E-state index in [2.05, 4.69) is 4.90 Å². The van der Waals surface area contributed by atoms with Crippen molar-refractivity contribution in [2.75, 3.05) is 13.6 Å². The molecule has 100 valence electrons. The second kappa shape index (κ2) is 5.33. The first-order valence-electron chi connectivity index (χ1n) is 6.42. The minimum absolute atomic E-state index is 0.171. The zero-order valence-corrected chi connectivity index (χ0v) is 10.9. The molecule has 0 amide bonds. The summed E-state index contributed by atoms with van der Waals surface area (Å²) in [6.45, 7) is 2.45. The maximum atomic E-state index is 13.8. The van der Waals surface area contributed by atoms with Crippen molar-refractivity contribution in [2.24, 2.45) is 11.7 Å². The highest BCUT2D eigenvalue weighted by Crippen LogP contribution is 2.37. The van der Waals surface area contributed by atoms with Crippen LogP contribution in [0.15, 0.2) is 18.2 Å². The van der Waals surface area contributed by atoms with E-state index in [4.69, 9.17) is 5.73 Å². The number of rotatable bonds is 5. The van der Waals surface area contributed by atoms with Crippen molar-refractivity contribution in [2.45, 2.75) is 31.8 Å². The summed E-state index contributed by atoms with van der Waals surface area (Å²) in [4.78, 5) is 2.06. The SMILES string of the molecule is CC(c1cccc(F)c1F)N(C)C(CN)C1CC1. The molecular weight excluding hydrogens is 234 g/mol. The molecule has 2 nitrogen and oxygen atoms in total. The van der Waals surface area contributed by atoms with Crippen LogP contribution < -0.4 is 5.73 Å². The molecule has 1 aliphatic carbocycles. The molecule has 0 saturated heterocycles. The molecule has 18 heavy (non-hydrogen) atoms. The van der Waals surface area contributed by atoms with Gasteiger partial charge >= 0.3 is 0 Å². The van der Waals surface area contributed by atoms with Crippen LogP contribution in [0.25, 0.3) is 0 Å². The first-order chi connectivity index (χ1) is 8.56. The van der Waals surface area contributed by atoms with E-state index in [0.717, 1.165) is 6.07 Å². The van der Waals surface area contributed by atoms with Crippen molar-refractivity contribution in [3.63, 3.8) is 0 Å².